The van der Waals surface area contributed by atoms with Crippen LogP contribution in [0.3, 0.4) is 0 Å². The zero-order valence-electron chi connectivity index (χ0n) is 11.3. The predicted molar refractivity (Wildman–Crippen MR) is 75.2 cm³/mol. The molecule has 0 bridgehead atoms. The maximum Gasteiger partial charge on any atom is 0.202 e. The molecule has 0 aromatic rings. The molecule has 0 aromatic carbocycles. The highest BCUT2D eigenvalue weighted by molar-refractivity contribution is 5.79. The third-order valence-corrected chi connectivity index (χ3v) is 3.34. The van der Waals surface area contributed by atoms with Gasteiger partial charge in [-0.25, -0.2) is 0 Å². The van der Waals surface area contributed by atoms with Crippen LogP contribution in [0.1, 0.15) is 25.7 Å². The van der Waals surface area contributed by atoms with E-state index in [1.165, 1.54) is 0 Å². The van der Waals surface area contributed by atoms with Gasteiger partial charge in [-0.1, -0.05) is 6.42 Å². The van der Waals surface area contributed by atoms with E-state index in [2.05, 4.69) is 20.9 Å². The van der Waals surface area contributed by atoms with Gasteiger partial charge < -0.3 is 11.1 Å². The van der Waals surface area contributed by atoms with Gasteiger partial charge in [0, 0.05) is 13.1 Å². The van der Waals surface area contributed by atoms with E-state index >= 15 is 0 Å². The maximum atomic E-state index is 8.40. The molecular formula is C12H20N8. The lowest BCUT2D eigenvalue weighted by atomic mass is 9.81. The minimum Gasteiger partial charge on any atom is -0.369 e. The van der Waals surface area contributed by atoms with E-state index < -0.39 is 0 Å². The molecule has 1 rings (SSSR count). The number of nitrogens with zero attached hydrogens (tertiary/aromatic N) is 3. The Hall–Kier alpha value is -2.48. The molecule has 2 unspecified atom stereocenters. The van der Waals surface area contributed by atoms with Crippen molar-refractivity contribution in [2.24, 2.45) is 22.6 Å². The van der Waals surface area contributed by atoms with Crippen molar-refractivity contribution in [2.45, 2.75) is 25.7 Å². The molecule has 0 aromatic heterocycles. The number of nitrogens with one attached hydrogen (secondary N) is 4. The van der Waals surface area contributed by atoms with Crippen LogP contribution >= 0.6 is 0 Å². The minimum atomic E-state index is 0.0371. The summed E-state index contributed by atoms with van der Waals surface area (Å²) in [6.07, 6.45) is 7.79. The van der Waals surface area contributed by atoms with Crippen LogP contribution in [-0.4, -0.2) is 25.0 Å². The van der Waals surface area contributed by atoms with E-state index in [1.54, 1.807) is 12.4 Å². The average molecular weight is 276 g/mol. The zero-order valence-corrected chi connectivity index (χ0v) is 11.3. The third-order valence-electron chi connectivity index (χ3n) is 3.34. The lowest BCUT2D eigenvalue weighted by Crippen LogP contribution is -2.38. The summed E-state index contributed by atoms with van der Waals surface area (Å²) in [6, 6.07) is 0. The minimum absolute atomic E-state index is 0.0371. The Labute approximate surface area is 118 Å². The van der Waals surface area contributed by atoms with Crippen molar-refractivity contribution in [3.05, 3.63) is 0 Å². The normalized spacial score (nSPS) is 22.2. The first-order valence-corrected chi connectivity index (χ1v) is 6.58. The number of hydrogen-bond acceptors (Lipinski definition) is 4. The molecule has 0 spiro atoms. The SMILES string of the molecule is N#CNC(=N)NCC1CCCC(CN=C(N)NC#N)C1. The molecule has 8 nitrogen and oxygen atoms in total. The van der Waals surface area contributed by atoms with Crippen molar-refractivity contribution in [3.8, 4) is 12.4 Å². The highest BCUT2D eigenvalue weighted by atomic mass is 15.1. The van der Waals surface area contributed by atoms with E-state index in [-0.39, 0.29) is 11.9 Å². The molecule has 8 heteroatoms. The molecular weight excluding hydrogens is 256 g/mol. The Kier molecular flexibility index (Phi) is 6.69. The van der Waals surface area contributed by atoms with Crippen LogP contribution < -0.4 is 21.7 Å². The fraction of sp³-hybridized carbons (Fsp3) is 0.667. The van der Waals surface area contributed by atoms with Crippen LogP contribution in [0.25, 0.3) is 0 Å². The fourth-order valence-corrected chi connectivity index (χ4v) is 2.42. The predicted octanol–water partition coefficient (Wildman–Crippen LogP) is -0.227. The summed E-state index contributed by atoms with van der Waals surface area (Å²) in [6.45, 7) is 1.30. The second kappa shape index (κ2) is 8.59. The first-order chi connectivity index (χ1) is 9.65. The quantitative estimate of drug-likeness (QED) is 0.207. The molecule has 6 N–H and O–H groups in total. The van der Waals surface area contributed by atoms with Crippen LogP contribution in [-0.2, 0) is 0 Å². The van der Waals surface area contributed by atoms with Gasteiger partial charge in [0.05, 0.1) is 0 Å². The molecule has 1 aliphatic rings. The number of guanidine groups is 2. The van der Waals surface area contributed by atoms with Crippen molar-refractivity contribution in [1.82, 2.24) is 16.0 Å². The topological polar surface area (TPSA) is 146 Å². The number of aliphatic imine (C=N–C) groups is 1. The molecule has 1 saturated carbocycles. The maximum absolute atomic E-state index is 8.40. The number of nitrogens with two attached hydrogens (primary N) is 1. The molecule has 2 atom stereocenters. The highest BCUT2D eigenvalue weighted by Gasteiger charge is 2.21. The van der Waals surface area contributed by atoms with Gasteiger partial charge in [0.25, 0.3) is 0 Å². The first kappa shape index (κ1) is 15.6. The van der Waals surface area contributed by atoms with Gasteiger partial charge in [-0.15, -0.1) is 0 Å². The molecule has 0 aliphatic heterocycles. The van der Waals surface area contributed by atoms with Crippen molar-refractivity contribution < 1.29 is 0 Å². The summed E-state index contributed by atoms with van der Waals surface area (Å²) in [5, 5.41) is 31.7. The van der Waals surface area contributed by atoms with E-state index in [4.69, 9.17) is 21.7 Å². The molecule has 1 aliphatic carbocycles. The summed E-state index contributed by atoms with van der Waals surface area (Å²) in [5.41, 5.74) is 5.50. The van der Waals surface area contributed by atoms with Gasteiger partial charge in [0.15, 0.2) is 12.4 Å². The Morgan fingerprint density at radius 2 is 1.95 bits per heavy atom. The summed E-state index contributed by atoms with van der Waals surface area (Å²) >= 11 is 0. The van der Waals surface area contributed by atoms with E-state index in [1.807, 2.05) is 0 Å². The molecule has 0 heterocycles. The first-order valence-electron chi connectivity index (χ1n) is 6.58. The summed E-state index contributed by atoms with van der Waals surface area (Å²) in [4.78, 5) is 4.14. The molecule has 1 fully saturated rings. The Bertz CT molecular complexity index is 430. The smallest absolute Gasteiger partial charge is 0.202 e. The van der Waals surface area contributed by atoms with E-state index in [0.717, 1.165) is 25.7 Å². The molecule has 0 saturated heterocycles. The molecule has 20 heavy (non-hydrogen) atoms. The van der Waals surface area contributed by atoms with Crippen molar-refractivity contribution in [2.75, 3.05) is 13.1 Å². The van der Waals surface area contributed by atoms with Crippen LogP contribution in [0.15, 0.2) is 4.99 Å². The largest absolute Gasteiger partial charge is 0.369 e. The van der Waals surface area contributed by atoms with Crippen molar-refractivity contribution in [1.29, 1.82) is 15.9 Å². The average Bonchev–Trinajstić information content (AvgIpc) is 2.44. The number of rotatable bonds is 4. The fourth-order valence-electron chi connectivity index (χ4n) is 2.42. The second-order valence-electron chi connectivity index (χ2n) is 4.85. The number of hydrogen-bond donors (Lipinski definition) is 5. The summed E-state index contributed by atoms with van der Waals surface area (Å²) in [5.74, 6) is 1.12. The number of nitriles is 2. The van der Waals surface area contributed by atoms with Gasteiger partial charge in [0.1, 0.15) is 0 Å². The molecule has 108 valence electrons. The van der Waals surface area contributed by atoms with Crippen molar-refractivity contribution in [3.63, 3.8) is 0 Å². The Morgan fingerprint density at radius 3 is 2.65 bits per heavy atom. The second-order valence-corrected chi connectivity index (χ2v) is 4.85. The van der Waals surface area contributed by atoms with Crippen LogP contribution in [0.4, 0.5) is 0 Å². The lowest BCUT2D eigenvalue weighted by molar-refractivity contribution is 0.272. The van der Waals surface area contributed by atoms with Gasteiger partial charge >= 0.3 is 0 Å². The van der Waals surface area contributed by atoms with Gasteiger partial charge in [-0.3, -0.25) is 21.0 Å². The van der Waals surface area contributed by atoms with Crippen LogP contribution in [0, 0.1) is 40.2 Å². The third kappa shape index (κ3) is 5.91. The lowest BCUT2D eigenvalue weighted by Gasteiger charge is -2.28. The van der Waals surface area contributed by atoms with E-state index in [0.29, 0.717) is 24.9 Å². The standard InChI is InChI=1S/C12H20N8/c13-7-19-11(15)17-5-9-2-1-3-10(4-9)6-18-12(16)20-8-14/h9-10H,1-6H2,(H3,15,17,19)(H3,16,18,20). The molecule has 0 amide bonds. The molecule has 0 radical (unpaired) electrons. The zero-order chi connectivity index (χ0) is 14.8. The van der Waals surface area contributed by atoms with E-state index in [9.17, 15) is 0 Å². The summed E-state index contributed by atoms with van der Waals surface area (Å²) in [7, 11) is 0. The Balaban J connectivity index is 2.32. The van der Waals surface area contributed by atoms with Crippen LogP contribution in [0.5, 0.6) is 0 Å². The highest BCUT2D eigenvalue weighted by Crippen LogP contribution is 2.28. The summed E-state index contributed by atoms with van der Waals surface area (Å²) < 4.78 is 0. The van der Waals surface area contributed by atoms with Gasteiger partial charge in [0.2, 0.25) is 11.9 Å². The Morgan fingerprint density at radius 1 is 1.25 bits per heavy atom. The van der Waals surface area contributed by atoms with Gasteiger partial charge in [-0.05, 0) is 31.1 Å². The van der Waals surface area contributed by atoms with Gasteiger partial charge in [-0.2, -0.15) is 10.5 Å². The van der Waals surface area contributed by atoms with Crippen LogP contribution in [0.2, 0.25) is 0 Å². The van der Waals surface area contributed by atoms with Crippen molar-refractivity contribution >= 4 is 11.9 Å². The monoisotopic (exact) mass is 276 g/mol.